The molecule has 3 aromatic carbocycles. The molecule has 0 aromatic heterocycles. The van der Waals surface area contributed by atoms with Crippen LogP contribution in [0.4, 0.5) is 17.1 Å². The molecule has 9 heteroatoms. The summed E-state index contributed by atoms with van der Waals surface area (Å²) in [6, 6.07) is 21.3. The molecule has 9 nitrogen and oxygen atoms in total. The van der Waals surface area contributed by atoms with Crippen molar-refractivity contribution < 1.29 is 15.0 Å². The van der Waals surface area contributed by atoms with Gasteiger partial charge in [-0.1, -0.05) is 60.7 Å². The van der Waals surface area contributed by atoms with Crippen molar-refractivity contribution >= 4 is 28.3 Å². The number of hydrazone groups is 1. The van der Waals surface area contributed by atoms with Gasteiger partial charge in [-0.2, -0.15) is 5.10 Å². The topological polar surface area (TPSA) is 131 Å². The van der Waals surface area contributed by atoms with E-state index in [2.05, 4.69) is 34.8 Å². The molecule has 3 aromatic rings. The van der Waals surface area contributed by atoms with E-state index >= 15 is 0 Å². The molecular weight excluding hydrogens is 460 g/mol. The zero-order valence-electron chi connectivity index (χ0n) is 19.1. The second kappa shape index (κ2) is 8.10. The number of nitrogens with zero attached hydrogens (tertiary/aromatic N) is 3. The molecule has 0 bridgehead atoms. The number of non-ortho nitro benzene ring substituents is 1. The standard InChI is InChI=1S/C27H22N4O5/c32-27-22-9-5-4-8-19(22)20-12-11-18(16-6-2-1-3-7-16)21(26(20)27)15-25(27)29-28-23-13-10-17(30(33)34)14-24(23)31(35)36/h1-11,13-14,20-21,26,28,32H,12,15H2/b29-25+/t20-,21-,26+,27+/m0/s1. The van der Waals surface area contributed by atoms with Crippen molar-refractivity contribution in [1.82, 2.24) is 0 Å². The number of hydrogen-bond acceptors (Lipinski definition) is 7. The number of nitro groups is 2. The highest BCUT2D eigenvalue weighted by Crippen LogP contribution is 2.64. The predicted molar refractivity (Wildman–Crippen MR) is 135 cm³/mol. The minimum Gasteiger partial charge on any atom is -0.379 e. The van der Waals surface area contributed by atoms with Crippen molar-refractivity contribution in [3.8, 4) is 0 Å². The highest BCUT2D eigenvalue weighted by atomic mass is 16.6. The summed E-state index contributed by atoms with van der Waals surface area (Å²) in [5.74, 6) is 0.0588. The van der Waals surface area contributed by atoms with E-state index in [0.717, 1.165) is 29.2 Å². The van der Waals surface area contributed by atoms with Gasteiger partial charge >= 0.3 is 5.69 Å². The summed E-state index contributed by atoms with van der Waals surface area (Å²) in [6.07, 6.45) is 3.56. The lowest BCUT2D eigenvalue weighted by molar-refractivity contribution is -0.393. The summed E-state index contributed by atoms with van der Waals surface area (Å²) >= 11 is 0. The maximum atomic E-state index is 12.3. The van der Waals surface area contributed by atoms with Crippen LogP contribution >= 0.6 is 0 Å². The van der Waals surface area contributed by atoms with Crippen LogP contribution in [0.3, 0.4) is 0 Å². The molecule has 0 spiro atoms. The van der Waals surface area contributed by atoms with Crippen LogP contribution in [0.15, 0.2) is 84.0 Å². The van der Waals surface area contributed by atoms with Crippen LogP contribution < -0.4 is 5.43 Å². The number of allylic oxidation sites excluding steroid dienone is 2. The Morgan fingerprint density at radius 3 is 2.44 bits per heavy atom. The first-order valence-corrected chi connectivity index (χ1v) is 11.7. The normalized spacial score (nSPS) is 26.8. The molecule has 0 saturated heterocycles. The number of fused-ring (bicyclic) bond motifs is 3. The molecular formula is C27H22N4O5. The lowest BCUT2D eigenvalue weighted by Gasteiger charge is -2.34. The number of rotatable bonds is 5. The summed E-state index contributed by atoms with van der Waals surface area (Å²) in [5, 5.41) is 39.5. The predicted octanol–water partition coefficient (Wildman–Crippen LogP) is 5.38. The van der Waals surface area contributed by atoms with Gasteiger partial charge in [-0.15, -0.1) is 0 Å². The molecule has 0 radical (unpaired) electrons. The van der Waals surface area contributed by atoms with Crippen LogP contribution in [0.25, 0.3) is 5.57 Å². The van der Waals surface area contributed by atoms with E-state index in [1.807, 2.05) is 36.4 Å². The lowest BCUT2D eigenvalue weighted by Crippen LogP contribution is -2.37. The third kappa shape index (κ3) is 3.16. The minimum absolute atomic E-state index is 0.0240. The van der Waals surface area contributed by atoms with Crippen molar-refractivity contribution in [2.45, 2.75) is 24.4 Å². The van der Waals surface area contributed by atoms with Crippen molar-refractivity contribution in [3.05, 3.63) is 116 Å². The van der Waals surface area contributed by atoms with E-state index < -0.39 is 21.1 Å². The summed E-state index contributed by atoms with van der Waals surface area (Å²) in [7, 11) is 0. The molecule has 6 rings (SSSR count). The molecule has 3 aliphatic carbocycles. The Morgan fingerprint density at radius 2 is 1.69 bits per heavy atom. The monoisotopic (exact) mass is 482 g/mol. The molecule has 0 unspecified atom stereocenters. The van der Waals surface area contributed by atoms with Gasteiger partial charge in [0.25, 0.3) is 5.69 Å². The summed E-state index contributed by atoms with van der Waals surface area (Å²) in [4.78, 5) is 21.3. The molecule has 36 heavy (non-hydrogen) atoms. The van der Waals surface area contributed by atoms with Gasteiger partial charge in [0, 0.05) is 12.0 Å². The Kier molecular flexibility index (Phi) is 4.97. The Labute approximate surface area is 206 Å². The van der Waals surface area contributed by atoms with E-state index in [9.17, 15) is 25.3 Å². The molecule has 1 fully saturated rings. The van der Waals surface area contributed by atoms with Crippen molar-refractivity contribution in [1.29, 1.82) is 0 Å². The fraction of sp³-hybridized carbons (Fsp3) is 0.222. The smallest absolute Gasteiger partial charge is 0.301 e. The van der Waals surface area contributed by atoms with Gasteiger partial charge in [0.1, 0.15) is 11.3 Å². The lowest BCUT2D eigenvalue weighted by atomic mass is 9.70. The van der Waals surface area contributed by atoms with Crippen LogP contribution in [0, 0.1) is 32.1 Å². The number of benzene rings is 3. The fourth-order valence-electron chi connectivity index (χ4n) is 6.32. The molecule has 3 aliphatic rings. The van der Waals surface area contributed by atoms with Gasteiger partial charge in [-0.05, 0) is 53.0 Å². The first kappa shape index (κ1) is 22.1. The Morgan fingerprint density at radius 1 is 0.944 bits per heavy atom. The van der Waals surface area contributed by atoms with E-state index in [-0.39, 0.29) is 29.1 Å². The summed E-state index contributed by atoms with van der Waals surface area (Å²) in [5.41, 5.74) is 5.34. The third-order valence-corrected chi connectivity index (χ3v) is 7.77. The van der Waals surface area contributed by atoms with Crippen LogP contribution in [-0.4, -0.2) is 20.7 Å². The molecule has 0 aliphatic heterocycles. The van der Waals surface area contributed by atoms with Crippen LogP contribution in [-0.2, 0) is 5.60 Å². The maximum Gasteiger partial charge on any atom is 0.301 e. The van der Waals surface area contributed by atoms with Crippen LogP contribution in [0.1, 0.15) is 35.4 Å². The quantitative estimate of drug-likeness (QED) is 0.371. The zero-order valence-corrected chi connectivity index (χ0v) is 19.1. The number of hydrogen-bond donors (Lipinski definition) is 2. The van der Waals surface area contributed by atoms with E-state index in [1.165, 1.54) is 17.7 Å². The highest BCUT2D eigenvalue weighted by Gasteiger charge is 2.63. The zero-order chi connectivity index (χ0) is 25.0. The van der Waals surface area contributed by atoms with Gasteiger partial charge in [0.2, 0.25) is 0 Å². The van der Waals surface area contributed by atoms with Crippen molar-refractivity contribution in [3.63, 3.8) is 0 Å². The second-order valence-corrected chi connectivity index (χ2v) is 9.44. The largest absolute Gasteiger partial charge is 0.379 e. The van der Waals surface area contributed by atoms with Crippen LogP contribution in [0.5, 0.6) is 0 Å². The van der Waals surface area contributed by atoms with Gasteiger partial charge in [0.15, 0.2) is 0 Å². The molecule has 0 amide bonds. The maximum absolute atomic E-state index is 12.3. The highest BCUT2D eigenvalue weighted by molar-refractivity contribution is 6.00. The molecule has 2 N–H and O–H groups in total. The van der Waals surface area contributed by atoms with Gasteiger partial charge in [-0.3, -0.25) is 25.7 Å². The van der Waals surface area contributed by atoms with Crippen molar-refractivity contribution in [2.24, 2.45) is 16.9 Å². The Hall–Kier alpha value is -4.37. The number of aliphatic hydroxyl groups is 1. The van der Waals surface area contributed by atoms with Crippen molar-refractivity contribution in [2.75, 3.05) is 5.43 Å². The number of nitro benzene ring substituents is 2. The average Bonchev–Trinajstić information content (AvgIpc) is 3.34. The van der Waals surface area contributed by atoms with Gasteiger partial charge in [-0.25, -0.2) is 0 Å². The minimum atomic E-state index is -1.32. The molecule has 4 atom stereocenters. The van der Waals surface area contributed by atoms with Gasteiger partial charge in [0.05, 0.1) is 21.6 Å². The number of anilines is 1. The Balaban J connectivity index is 1.44. The summed E-state index contributed by atoms with van der Waals surface area (Å²) in [6.45, 7) is 0. The SMILES string of the molecule is O=[N+]([O-])c1ccc(N/N=C2\C[C@H]3C(c4ccccc4)=CC[C@H]4c5ccccc5[C@]2(O)[C@@H]34)c([N+](=O)[O-])c1. The molecule has 0 heterocycles. The van der Waals surface area contributed by atoms with Gasteiger partial charge < -0.3 is 5.11 Å². The molecule has 1 saturated carbocycles. The fourth-order valence-corrected chi connectivity index (χ4v) is 6.32. The summed E-state index contributed by atoms with van der Waals surface area (Å²) < 4.78 is 0. The number of nitrogens with one attached hydrogen (secondary N) is 1. The third-order valence-electron chi connectivity index (χ3n) is 7.77. The van der Waals surface area contributed by atoms with E-state index in [0.29, 0.717) is 12.1 Å². The molecule has 180 valence electrons. The van der Waals surface area contributed by atoms with Crippen LogP contribution in [0.2, 0.25) is 0 Å². The Bertz CT molecular complexity index is 1470. The first-order valence-electron chi connectivity index (χ1n) is 11.7. The van der Waals surface area contributed by atoms with E-state index in [1.54, 1.807) is 0 Å². The second-order valence-electron chi connectivity index (χ2n) is 9.44. The first-order chi connectivity index (χ1) is 17.4. The average molecular weight is 482 g/mol. The van der Waals surface area contributed by atoms with E-state index in [4.69, 9.17) is 0 Å².